The molecule has 4 amide bonds. The summed E-state index contributed by atoms with van der Waals surface area (Å²) in [5, 5.41) is 19.8. The number of hydrogen-bond donors (Lipinski definition) is 7. The normalized spacial score (nSPS) is 14.6. The van der Waals surface area contributed by atoms with Crippen LogP contribution in [0.2, 0.25) is 0 Å². The van der Waals surface area contributed by atoms with Crippen molar-refractivity contribution in [2.45, 2.75) is 96.8 Å². The minimum Gasteiger partial charge on any atom is -0.467 e. The Morgan fingerprint density at radius 2 is 1.47 bits per heavy atom. The molecule has 14 nitrogen and oxygen atoms in total. The van der Waals surface area contributed by atoms with E-state index in [4.69, 9.17) is 11.5 Å². The number of aliphatic imine (C=N–C) groups is 1. The van der Waals surface area contributed by atoms with Crippen LogP contribution in [-0.4, -0.2) is 85.3 Å². The number of amides is 4. The molecule has 0 aliphatic carbocycles. The van der Waals surface area contributed by atoms with Gasteiger partial charge in [-0.15, -0.1) is 0 Å². The topological polar surface area (TPSA) is 227 Å². The highest BCUT2D eigenvalue weighted by Crippen LogP contribution is 2.24. The van der Waals surface area contributed by atoms with E-state index < -0.39 is 60.4 Å². The summed E-state index contributed by atoms with van der Waals surface area (Å²) < 4.78 is 4.60. The van der Waals surface area contributed by atoms with Gasteiger partial charge in [-0.1, -0.05) is 46.8 Å². The van der Waals surface area contributed by atoms with Gasteiger partial charge >= 0.3 is 5.97 Å². The number of rotatable bonds is 18. The summed E-state index contributed by atoms with van der Waals surface area (Å²) >= 11 is 0. The molecule has 9 N–H and O–H groups in total. The lowest BCUT2D eigenvalue weighted by Crippen LogP contribution is -2.58. The Labute approximate surface area is 277 Å². The van der Waals surface area contributed by atoms with Crippen LogP contribution in [0, 0.1) is 5.92 Å². The molecule has 1 aromatic carbocycles. The summed E-state index contributed by atoms with van der Waals surface area (Å²) in [5.41, 5.74) is 13.0. The number of aliphatic hydroxyl groups excluding tert-OH is 1. The summed E-state index contributed by atoms with van der Waals surface area (Å²) in [6.45, 7) is 11.2. The van der Waals surface area contributed by atoms with Gasteiger partial charge in [-0.05, 0) is 68.2 Å². The largest absolute Gasteiger partial charge is 0.467 e. The van der Waals surface area contributed by atoms with Gasteiger partial charge in [-0.25, -0.2) is 4.79 Å². The second-order valence-electron chi connectivity index (χ2n) is 12.7. The first-order chi connectivity index (χ1) is 22.1. The van der Waals surface area contributed by atoms with Crippen molar-refractivity contribution in [1.29, 1.82) is 0 Å². The van der Waals surface area contributed by atoms with Crippen LogP contribution < -0.4 is 32.7 Å². The first kappa shape index (κ1) is 40.7. The Morgan fingerprint density at radius 3 is 1.98 bits per heavy atom. The molecule has 0 radical (unpaired) electrons. The summed E-state index contributed by atoms with van der Waals surface area (Å²) in [4.78, 5) is 68.7. The van der Waals surface area contributed by atoms with Crippen LogP contribution in [0.15, 0.2) is 41.0 Å². The molecule has 4 atom stereocenters. The van der Waals surface area contributed by atoms with Crippen molar-refractivity contribution in [1.82, 2.24) is 21.3 Å². The number of hydrogen-bond acceptors (Lipinski definition) is 10. The second-order valence-corrected chi connectivity index (χ2v) is 12.7. The van der Waals surface area contributed by atoms with Crippen molar-refractivity contribution in [3.63, 3.8) is 0 Å². The maximum absolute atomic E-state index is 13.4. The highest BCUT2D eigenvalue weighted by atomic mass is 16.5. The third-order valence-electron chi connectivity index (χ3n) is 7.17. The molecule has 0 saturated heterocycles. The Balaban J connectivity index is 2.99. The summed E-state index contributed by atoms with van der Waals surface area (Å²) in [6, 6.07) is 3.05. The van der Waals surface area contributed by atoms with Crippen molar-refractivity contribution in [3.8, 4) is 0 Å². The Hall–Kier alpha value is -4.30. The molecule has 0 aliphatic rings. The van der Waals surface area contributed by atoms with Gasteiger partial charge in [0.15, 0.2) is 6.04 Å². The van der Waals surface area contributed by atoms with Crippen LogP contribution >= 0.6 is 0 Å². The van der Waals surface area contributed by atoms with E-state index in [2.05, 4.69) is 51.8 Å². The van der Waals surface area contributed by atoms with Gasteiger partial charge in [0.1, 0.15) is 18.1 Å². The lowest BCUT2D eigenvalue weighted by molar-refractivity contribution is -0.146. The zero-order valence-electron chi connectivity index (χ0n) is 28.6. The number of benzene rings is 1. The minimum absolute atomic E-state index is 0.0213. The lowest BCUT2D eigenvalue weighted by Gasteiger charge is -2.26. The van der Waals surface area contributed by atoms with Crippen molar-refractivity contribution < 1.29 is 33.8 Å². The fourth-order valence-electron chi connectivity index (χ4n) is 4.34. The van der Waals surface area contributed by atoms with E-state index >= 15 is 0 Å². The van der Waals surface area contributed by atoms with Gasteiger partial charge in [0.05, 0.1) is 25.0 Å². The number of nitrogens with two attached hydrogens (primary N) is 2. The number of unbranched alkanes of at least 4 members (excludes halogenated alkanes) is 1. The fourth-order valence-corrected chi connectivity index (χ4v) is 4.34. The van der Waals surface area contributed by atoms with E-state index in [0.29, 0.717) is 25.1 Å². The van der Waals surface area contributed by atoms with E-state index in [9.17, 15) is 29.1 Å². The van der Waals surface area contributed by atoms with Crippen LogP contribution in [0.25, 0.3) is 0 Å². The molecule has 0 fully saturated rings. The summed E-state index contributed by atoms with van der Waals surface area (Å²) in [5.74, 6) is -3.50. The number of esters is 1. The quantitative estimate of drug-likeness (QED) is 0.0512. The van der Waals surface area contributed by atoms with Gasteiger partial charge < -0.3 is 42.6 Å². The van der Waals surface area contributed by atoms with Crippen LogP contribution in [0.4, 0.5) is 5.69 Å². The van der Waals surface area contributed by atoms with E-state index in [1.807, 2.05) is 38.1 Å². The lowest BCUT2D eigenvalue weighted by atomic mass is 9.87. The van der Waals surface area contributed by atoms with Gasteiger partial charge in [0.2, 0.25) is 17.7 Å². The second kappa shape index (κ2) is 20.0. The molecule has 0 heterocycles. The van der Waals surface area contributed by atoms with Crippen molar-refractivity contribution >= 4 is 41.5 Å². The SMILES string of the molecule is COC(=O)[C@H](CO)NC(=O)[C@H](CCCCN)NC(=O)[C@H](CC(C)C)NC(=O)[C@H](C)NC(=O)C(C=Nc1ccc(C(C)(C)C)cc1)=CN. The number of nitrogens with one attached hydrogen (secondary N) is 4. The van der Waals surface area contributed by atoms with Gasteiger partial charge in [0, 0.05) is 12.4 Å². The maximum atomic E-state index is 13.4. The zero-order chi connectivity index (χ0) is 35.7. The van der Waals surface area contributed by atoms with Crippen LogP contribution in [0.5, 0.6) is 0 Å². The molecule has 0 spiro atoms. The number of carbonyl (C=O) groups is 5. The third kappa shape index (κ3) is 14.3. The molecule has 1 rings (SSSR count). The molecular weight excluding hydrogens is 606 g/mol. The molecule has 262 valence electrons. The van der Waals surface area contributed by atoms with E-state index in [1.165, 1.54) is 13.1 Å². The van der Waals surface area contributed by atoms with Crippen molar-refractivity contribution in [2.75, 3.05) is 20.3 Å². The molecule has 0 unspecified atom stereocenters. The summed E-state index contributed by atoms with van der Waals surface area (Å²) in [6.07, 6.45) is 3.88. The number of nitrogens with zero attached hydrogens (tertiary/aromatic N) is 1. The molecular formula is C33H53N7O7. The molecule has 0 aromatic heterocycles. The summed E-state index contributed by atoms with van der Waals surface area (Å²) in [7, 11) is 1.12. The van der Waals surface area contributed by atoms with Crippen LogP contribution in [0.3, 0.4) is 0 Å². The van der Waals surface area contributed by atoms with Gasteiger partial charge in [0.25, 0.3) is 5.91 Å². The first-order valence-electron chi connectivity index (χ1n) is 15.7. The van der Waals surface area contributed by atoms with Crippen LogP contribution in [0.1, 0.15) is 72.8 Å². The molecule has 47 heavy (non-hydrogen) atoms. The number of ether oxygens (including phenoxy) is 1. The molecule has 0 bridgehead atoms. The monoisotopic (exact) mass is 659 g/mol. The third-order valence-corrected chi connectivity index (χ3v) is 7.17. The van der Waals surface area contributed by atoms with E-state index in [0.717, 1.165) is 18.9 Å². The standard InChI is InChI=1S/C33H53N7O7/c1-20(2)16-26(31(45)38-25(10-8-9-15-34)30(44)40-27(19-41)32(46)47-7)39-28(42)21(3)37-29(43)22(17-35)18-36-24-13-11-23(12-14-24)33(4,5)6/h11-14,17-18,20-21,25-27,41H,8-10,15-16,19,34-35H2,1-7H3,(H,37,43)(H,38,45)(H,39,42)(H,40,44)/t21-,25-,26-,27-/m0/s1. The number of methoxy groups -OCH3 is 1. The Kier molecular flexibility index (Phi) is 17.4. The predicted molar refractivity (Wildman–Crippen MR) is 180 cm³/mol. The van der Waals surface area contributed by atoms with E-state index in [1.54, 1.807) is 0 Å². The van der Waals surface area contributed by atoms with Crippen LogP contribution in [-0.2, 0) is 34.1 Å². The highest BCUT2D eigenvalue weighted by molar-refractivity contribution is 6.13. The number of carbonyl (C=O) groups excluding carboxylic acids is 5. The average Bonchev–Trinajstić information content (AvgIpc) is 3.02. The average molecular weight is 660 g/mol. The minimum atomic E-state index is -1.32. The highest BCUT2D eigenvalue weighted by Gasteiger charge is 2.31. The fraction of sp³-hybridized carbons (Fsp3) is 0.576. The predicted octanol–water partition coefficient (Wildman–Crippen LogP) is 0.829. The Bertz CT molecular complexity index is 1260. The molecule has 1 aromatic rings. The maximum Gasteiger partial charge on any atom is 0.330 e. The van der Waals surface area contributed by atoms with E-state index in [-0.39, 0.29) is 29.7 Å². The Morgan fingerprint density at radius 1 is 0.894 bits per heavy atom. The molecule has 14 heteroatoms. The molecule has 0 aliphatic heterocycles. The molecule has 0 saturated carbocycles. The smallest absolute Gasteiger partial charge is 0.330 e. The first-order valence-corrected chi connectivity index (χ1v) is 15.7. The van der Waals surface area contributed by atoms with Gasteiger partial charge in [-0.3, -0.25) is 24.2 Å². The van der Waals surface area contributed by atoms with Gasteiger partial charge in [-0.2, -0.15) is 0 Å². The zero-order valence-corrected chi connectivity index (χ0v) is 28.6. The number of aliphatic hydroxyl groups is 1. The van der Waals surface area contributed by atoms with Crippen molar-refractivity contribution in [2.24, 2.45) is 22.4 Å². The van der Waals surface area contributed by atoms with Crippen molar-refractivity contribution in [3.05, 3.63) is 41.6 Å².